The molecule has 0 spiro atoms. The maximum atomic E-state index is 13.4. The minimum Gasteiger partial charge on any atom is -0.204 e. The molecule has 128 valence electrons. The van der Waals surface area contributed by atoms with Crippen LogP contribution in [0.2, 0.25) is 0 Å². The molecule has 0 N–H and O–H groups in total. The molecule has 3 rings (SSSR count). The Hall–Kier alpha value is -1.70. The van der Waals surface area contributed by atoms with E-state index in [1.807, 2.05) is 6.08 Å². The van der Waals surface area contributed by atoms with Gasteiger partial charge < -0.3 is 0 Å². The van der Waals surface area contributed by atoms with Gasteiger partial charge in [0.2, 0.25) is 0 Å². The average molecular weight is 328 g/mol. The predicted molar refractivity (Wildman–Crippen MR) is 96.5 cm³/mol. The third-order valence-corrected chi connectivity index (χ3v) is 5.54. The Balaban J connectivity index is 1.55. The Morgan fingerprint density at radius 2 is 1.75 bits per heavy atom. The van der Waals surface area contributed by atoms with E-state index in [0.29, 0.717) is 0 Å². The third-order valence-electron chi connectivity index (χ3n) is 5.54. The Morgan fingerprint density at radius 1 is 1.00 bits per heavy atom. The van der Waals surface area contributed by atoms with Crippen molar-refractivity contribution >= 4 is 5.57 Å². The molecule has 1 aromatic carbocycles. The maximum absolute atomic E-state index is 13.4. The second-order valence-electron chi connectivity index (χ2n) is 7.14. The van der Waals surface area contributed by atoms with Gasteiger partial charge in [0.15, 0.2) is 11.6 Å². The van der Waals surface area contributed by atoms with Crippen molar-refractivity contribution in [3.8, 4) is 0 Å². The zero-order valence-electron chi connectivity index (χ0n) is 14.4. The number of hydrogen-bond donors (Lipinski definition) is 0. The van der Waals surface area contributed by atoms with E-state index in [1.54, 1.807) is 6.07 Å². The quantitative estimate of drug-likeness (QED) is 0.567. The monoisotopic (exact) mass is 328 g/mol. The van der Waals surface area contributed by atoms with E-state index in [-0.39, 0.29) is 0 Å². The first-order valence-corrected chi connectivity index (χ1v) is 9.18. The molecule has 0 atom stereocenters. The highest BCUT2D eigenvalue weighted by Crippen LogP contribution is 2.33. The van der Waals surface area contributed by atoms with Gasteiger partial charge >= 0.3 is 0 Å². The summed E-state index contributed by atoms with van der Waals surface area (Å²) < 4.78 is 26.4. The van der Waals surface area contributed by atoms with Gasteiger partial charge in [-0.1, -0.05) is 56.6 Å². The molecule has 24 heavy (non-hydrogen) atoms. The van der Waals surface area contributed by atoms with Crippen LogP contribution in [0.1, 0.15) is 57.4 Å². The van der Waals surface area contributed by atoms with E-state index in [0.717, 1.165) is 29.4 Å². The van der Waals surface area contributed by atoms with E-state index in [9.17, 15) is 8.78 Å². The molecule has 0 amide bonds. The van der Waals surface area contributed by atoms with Crippen molar-refractivity contribution < 1.29 is 8.78 Å². The summed E-state index contributed by atoms with van der Waals surface area (Å²) >= 11 is 0. The topological polar surface area (TPSA) is 0 Å². The summed E-state index contributed by atoms with van der Waals surface area (Å²) in [7, 11) is 0. The van der Waals surface area contributed by atoms with E-state index in [2.05, 4.69) is 25.2 Å². The molecular weight excluding hydrogens is 302 g/mol. The van der Waals surface area contributed by atoms with Crippen molar-refractivity contribution in [1.29, 1.82) is 0 Å². The van der Waals surface area contributed by atoms with E-state index < -0.39 is 11.6 Å². The lowest BCUT2D eigenvalue weighted by atomic mass is 9.79. The van der Waals surface area contributed by atoms with Gasteiger partial charge in [-0.05, 0) is 66.4 Å². The fraction of sp³-hybridized carbons (Fsp3) is 0.455. The highest BCUT2D eigenvalue weighted by molar-refractivity contribution is 5.76. The molecule has 0 nitrogen and oxygen atoms in total. The molecule has 1 saturated carbocycles. The number of benzene rings is 1. The van der Waals surface area contributed by atoms with Crippen molar-refractivity contribution in [2.75, 3.05) is 0 Å². The summed E-state index contributed by atoms with van der Waals surface area (Å²) in [5.41, 5.74) is 3.04. The van der Waals surface area contributed by atoms with Crippen LogP contribution in [0.5, 0.6) is 0 Å². The Morgan fingerprint density at radius 3 is 2.38 bits per heavy atom. The first kappa shape index (κ1) is 17.1. The summed E-state index contributed by atoms with van der Waals surface area (Å²) in [6.45, 7) is 2.30. The van der Waals surface area contributed by atoms with Crippen molar-refractivity contribution in [1.82, 2.24) is 0 Å². The van der Waals surface area contributed by atoms with Crippen LogP contribution in [0.15, 0.2) is 48.1 Å². The van der Waals surface area contributed by atoms with Crippen LogP contribution in [0.4, 0.5) is 8.78 Å². The number of hydrogen-bond acceptors (Lipinski definition) is 0. The Bertz CT molecular complexity index is 659. The molecule has 0 saturated heterocycles. The maximum Gasteiger partial charge on any atom is 0.159 e. The molecule has 0 aliphatic heterocycles. The molecule has 0 unspecified atom stereocenters. The van der Waals surface area contributed by atoms with Crippen LogP contribution in [-0.4, -0.2) is 0 Å². The van der Waals surface area contributed by atoms with Crippen LogP contribution in [0.25, 0.3) is 5.57 Å². The van der Waals surface area contributed by atoms with Gasteiger partial charge in [0.05, 0.1) is 0 Å². The largest absolute Gasteiger partial charge is 0.204 e. The summed E-state index contributed by atoms with van der Waals surface area (Å²) in [5.74, 6) is 0.207. The molecule has 1 fully saturated rings. The van der Waals surface area contributed by atoms with Crippen LogP contribution >= 0.6 is 0 Å². The summed E-state index contributed by atoms with van der Waals surface area (Å²) in [6.07, 6.45) is 17.5. The Labute approximate surface area is 144 Å². The SMILES string of the molecule is CC[C@H]1CC[C@H](CC=C2C=CC(c3ccc(F)c(F)c3)=CC2)CC1. The molecule has 2 aliphatic rings. The molecule has 2 heteroatoms. The van der Waals surface area contributed by atoms with Crippen molar-refractivity contribution in [2.24, 2.45) is 11.8 Å². The van der Waals surface area contributed by atoms with Gasteiger partial charge in [-0.15, -0.1) is 0 Å². The third kappa shape index (κ3) is 4.23. The van der Waals surface area contributed by atoms with Crippen molar-refractivity contribution in [3.63, 3.8) is 0 Å². The second-order valence-corrected chi connectivity index (χ2v) is 7.14. The van der Waals surface area contributed by atoms with Crippen LogP contribution < -0.4 is 0 Å². The van der Waals surface area contributed by atoms with E-state index >= 15 is 0 Å². The average Bonchev–Trinajstić information content (AvgIpc) is 2.63. The summed E-state index contributed by atoms with van der Waals surface area (Å²) in [6, 6.07) is 4.10. The molecule has 2 aliphatic carbocycles. The minimum atomic E-state index is -0.794. The molecular formula is C22H26F2. The van der Waals surface area contributed by atoms with Crippen LogP contribution in [0, 0.1) is 23.5 Å². The first-order valence-electron chi connectivity index (χ1n) is 9.18. The number of halogens is 2. The van der Waals surface area contributed by atoms with Crippen LogP contribution in [-0.2, 0) is 0 Å². The van der Waals surface area contributed by atoms with Crippen LogP contribution in [0.3, 0.4) is 0 Å². The first-order chi connectivity index (χ1) is 11.7. The standard InChI is InChI=1S/C22H26F2/c1-2-16-3-5-17(6-4-16)7-8-18-9-11-19(12-10-18)20-13-14-21(23)22(24)15-20/h8-9,11-17H,2-7,10H2,1H3/t16-,17-. The highest BCUT2D eigenvalue weighted by Gasteiger charge is 2.19. The van der Waals surface area contributed by atoms with Gasteiger partial charge in [-0.25, -0.2) is 8.78 Å². The van der Waals surface area contributed by atoms with Crippen molar-refractivity contribution in [3.05, 3.63) is 65.3 Å². The number of rotatable bonds is 4. The van der Waals surface area contributed by atoms with Gasteiger partial charge in [-0.3, -0.25) is 0 Å². The zero-order valence-corrected chi connectivity index (χ0v) is 14.4. The fourth-order valence-electron chi connectivity index (χ4n) is 3.80. The van der Waals surface area contributed by atoms with E-state index in [1.165, 1.54) is 56.2 Å². The second kappa shape index (κ2) is 7.92. The molecule has 0 bridgehead atoms. The predicted octanol–water partition coefficient (Wildman–Crippen LogP) is 6.84. The lowest BCUT2D eigenvalue weighted by Gasteiger charge is -2.27. The van der Waals surface area contributed by atoms with E-state index in [4.69, 9.17) is 0 Å². The smallest absolute Gasteiger partial charge is 0.159 e. The lowest BCUT2D eigenvalue weighted by molar-refractivity contribution is 0.270. The number of allylic oxidation sites excluding steroid dienone is 6. The Kier molecular flexibility index (Phi) is 5.65. The molecule has 0 aromatic heterocycles. The molecule has 0 heterocycles. The van der Waals surface area contributed by atoms with Gasteiger partial charge in [0.1, 0.15) is 0 Å². The van der Waals surface area contributed by atoms with Crippen molar-refractivity contribution in [2.45, 2.75) is 51.9 Å². The molecule has 1 aromatic rings. The van der Waals surface area contributed by atoms with Gasteiger partial charge in [0.25, 0.3) is 0 Å². The van der Waals surface area contributed by atoms with Gasteiger partial charge in [-0.2, -0.15) is 0 Å². The fourth-order valence-corrected chi connectivity index (χ4v) is 3.80. The summed E-state index contributed by atoms with van der Waals surface area (Å²) in [5, 5.41) is 0. The molecule has 0 radical (unpaired) electrons. The summed E-state index contributed by atoms with van der Waals surface area (Å²) in [4.78, 5) is 0. The highest BCUT2D eigenvalue weighted by atomic mass is 19.2. The lowest BCUT2D eigenvalue weighted by Crippen LogP contribution is -2.13. The normalized spacial score (nSPS) is 25.8. The zero-order chi connectivity index (χ0) is 16.9. The minimum absolute atomic E-state index is 0.738. The van der Waals surface area contributed by atoms with Gasteiger partial charge in [0, 0.05) is 0 Å².